The van der Waals surface area contributed by atoms with E-state index in [2.05, 4.69) is 28.8 Å². The van der Waals surface area contributed by atoms with E-state index in [1.807, 2.05) is 24.3 Å². The topological polar surface area (TPSA) is 78.5 Å². The molecular weight excluding hydrogens is 417 g/mol. The van der Waals surface area contributed by atoms with Crippen LogP contribution in [0.5, 0.6) is 0 Å². The van der Waals surface area contributed by atoms with Gasteiger partial charge in [0, 0.05) is 31.4 Å². The Balaban J connectivity index is 1.62. The lowest BCUT2D eigenvalue weighted by Crippen LogP contribution is -2.45. The number of rotatable bonds is 8. The molecule has 1 heterocycles. The normalized spacial score (nSPS) is 16.2. The smallest absolute Gasteiger partial charge is 0.253 e. The lowest BCUT2D eigenvalue weighted by Gasteiger charge is -2.34. The Morgan fingerprint density at radius 3 is 2.42 bits per heavy atom. The molecule has 3 rings (SSSR count). The van der Waals surface area contributed by atoms with Crippen LogP contribution in [0.15, 0.2) is 53.4 Å². The first kappa shape index (κ1) is 23.2. The van der Waals surface area contributed by atoms with Crippen LogP contribution in [0.2, 0.25) is 0 Å². The van der Waals surface area contributed by atoms with Crippen molar-refractivity contribution in [1.29, 1.82) is 0 Å². The summed E-state index contributed by atoms with van der Waals surface area (Å²) in [5, 5.41) is 3.01. The minimum Gasteiger partial charge on any atom is -0.371 e. The molecule has 0 unspecified atom stereocenters. The Hall–Kier alpha value is -2.45. The van der Waals surface area contributed by atoms with E-state index in [0.29, 0.717) is 44.0 Å². The number of nitrogens with one attached hydrogen (secondary N) is 2. The molecule has 2 N–H and O–H groups in total. The predicted octanol–water partition coefficient (Wildman–Crippen LogP) is 3.55. The SMILES string of the molecule is CC[C@@H](C)CNC(=O)c1ccccc1N1CCC(NS(=O)(=O)c2ccc(F)cc2)CC1. The van der Waals surface area contributed by atoms with Crippen LogP contribution in [0, 0.1) is 11.7 Å². The van der Waals surface area contributed by atoms with E-state index in [-0.39, 0.29) is 16.8 Å². The van der Waals surface area contributed by atoms with Crippen LogP contribution in [-0.4, -0.2) is 40.0 Å². The van der Waals surface area contributed by atoms with Gasteiger partial charge in [0.05, 0.1) is 10.5 Å². The Morgan fingerprint density at radius 2 is 1.77 bits per heavy atom. The van der Waals surface area contributed by atoms with Gasteiger partial charge in [0.2, 0.25) is 10.0 Å². The van der Waals surface area contributed by atoms with Gasteiger partial charge in [-0.05, 0) is 55.2 Å². The van der Waals surface area contributed by atoms with Gasteiger partial charge < -0.3 is 10.2 Å². The Kier molecular flexibility index (Phi) is 7.67. The third-order valence-electron chi connectivity index (χ3n) is 5.74. The molecule has 8 heteroatoms. The van der Waals surface area contributed by atoms with Gasteiger partial charge in [-0.3, -0.25) is 4.79 Å². The number of hydrogen-bond donors (Lipinski definition) is 2. The molecule has 1 amide bonds. The largest absolute Gasteiger partial charge is 0.371 e. The number of sulfonamides is 1. The zero-order valence-corrected chi connectivity index (χ0v) is 18.8. The van der Waals surface area contributed by atoms with Crippen molar-refractivity contribution in [2.45, 2.75) is 44.0 Å². The monoisotopic (exact) mass is 447 g/mol. The van der Waals surface area contributed by atoms with Crippen LogP contribution in [0.4, 0.5) is 10.1 Å². The van der Waals surface area contributed by atoms with E-state index in [4.69, 9.17) is 0 Å². The van der Waals surface area contributed by atoms with Gasteiger partial charge in [0.1, 0.15) is 5.82 Å². The van der Waals surface area contributed by atoms with Crippen LogP contribution in [-0.2, 0) is 10.0 Å². The van der Waals surface area contributed by atoms with Gasteiger partial charge in [-0.25, -0.2) is 17.5 Å². The van der Waals surface area contributed by atoms with Crippen LogP contribution < -0.4 is 14.9 Å². The lowest BCUT2D eigenvalue weighted by atomic mass is 10.0. The van der Waals surface area contributed by atoms with Gasteiger partial charge in [-0.1, -0.05) is 32.4 Å². The third kappa shape index (κ3) is 6.04. The van der Waals surface area contributed by atoms with Crippen LogP contribution in [0.25, 0.3) is 0 Å². The maximum atomic E-state index is 13.1. The number of carbonyl (C=O) groups is 1. The van der Waals surface area contributed by atoms with Crippen molar-refractivity contribution in [1.82, 2.24) is 10.0 Å². The van der Waals surface area contributed by atoms with Crippen molar-refractivity contribution in [3.8, 4) is 0 Å². The Labute approximate surface area is 183 Å². The summed E-state index contributed by atoms with van der Waals surface area (Å²) in [6.45, 7) is 6.10. The summed E-state index contributed by atoms with van der Waals surface area (Å²) in [6.07, 6.45) is 2.23. The molecule has 1 fully saturated rings. The van der Waals surface area contributed by atoms with Crippen molar-refractivity contribution in [3.05, 3.63) is 59.9 Å². The molecule has 1 aliphatic heterocycles. The fourth-order valence-corrected chi connectivity index (χ4v) is 4.89. The number of carbonyl (C=O) groups excluding carboxylic acids is 1. The van der Waals surface area contributed by atoms with Crippen LogP contribution in [0.3, 0.4) is 0 Å². The van der Waals surface area contributed by atoms with Crippen LogP contribution in [0.1, 0.15) is 43.5 Å². The van der Waals surface area contributed by atoms with Gasteiger partial charge in [0.15, 0.2) is 0 Å². The lowest BCUT2D eigenvalue weighted by molar-refractivity contribution is 0.0948. The highest BCUT2D eigenvalue weighted by atomic mass is 32.2. The number of para-hydroxylation sites is 1. The van der Waals surface area contributed by atoms with E-state index >= 15 is 0 Å². The maximum Gasteiger partial charge on any atom is 0.253 e. The molecule has 6 nitrogen and oxygen atoms in total. The van der Waals surface area contributed by atoms with E-state index < -0.39 is 15.8 Å². The highest BCUT2D eigenvalue weighted by Crippen LogP contribution is 2.25. The number of amides is 1. The summed E-state index contributed by atoms with van der Waals surface area (Å²) in [7, 11) is -3.70. The molecule has 0 aromatic heterocycles. The first-order valence-corrected chi connectivity index (χ1v) is 12.2. The highest BCUT2D eigenvalue weighted by molar-refractivity contribution is 7.89. The van der Waals surface area contributed by atoms with Crippen molar-refractivity contribution in [3.63, 3.8) is 0 Å². The summed E-state index contributed by atoms with van der Waals surface area (Å²) < 4.78 is 40.9. The average Bonchev–Trinajstić information content (AvgIpc) is 2.77. The van der Waals surface area contributed by atoms with E-state index in [0.717, 1.165) is 24.2 Å². The fraction of sp³-hybridized carbons (Fsp3) is 0.435. The molecular formula is C23H30FN3O3S. The number of anilines is 1. The average molecular weight is 448 g/mol. The summed E-state index contributed by atoms with van der Waals surface area (Å²) in [5.74, 6) is -0.143. The summed E-state index contributed by atoms with van der Waals surface area (Å²) >= 11 is 0. The van der Waals surface area contributed by atoms with E-state index in [1.165, 1.54) is 12.1 Å². The van der Waals surface area contributed by atoms with Gasteiger partial charge >= 0.3 is 0 Å². The van der Waals surface area contributed by atoms with Crippen LogP contribution >= 0.6 is 0 Å². The number of nitrogens with zero attached hydrogens (tertiary/aromatic N) is 1. The molecule has 2 aromatic carbocycles. The zero-order chi connectivity index (χ0) is 22.4. The molecule has 1 saturated heterocycles. The van der Waals surface area contributed by atoms with Gasteiger partial charge in [-0.2, -0.15) is 0 Å². The molecule has 1 atom stereocenters. The van der Waals surface area contributed by atoms with Crippen molar-refractivity contribution >= 4 is 21.6 Å². The molecule has 1 aliphatic rings. The number of benzene rings is 2. The molecule has 168 valence electrons. The minimum atomic E-state index is -3.70. The van der Waals surface area contributed by atoms with Crippen molar-refractivity contribution < 1.29 is 17.6 Å². The second-order valence-electron chi connectivity index (χ2n) is 8.08. The van der Waals surface area contributed by atoms with E-state index in [9.17, 15) is 17.6 Å². The first-order valence-electron chi connectivity index (χ1n) is 10.7. The molecule has 31 heavy (non-hydrogen) atoms. The molecule has 0 bridgehead atoms. The molecule has 0 saturated carbocycles. The fourth-order valence-electron chi connectivity index (χ4n) is 3.59. The molecule has 0 radical (unpaired) electrons. The van der Waals surface area contributed by atoms with Crippen molar-refractivity contribution in [2.75, 3.05) is 24.5 Å². The predicted molar refractivity (Wildman–Crippen MR) is 120 cm³/mol. The maximum absolute atomic E-state index is 13.1. The Bertz CT molecular complexity index is 987. The second kappa shape index (κ2) is 10.2. The number of halogens is 1. The molecule has 2 aromatic rings. The Morgan fingerprint density at radius 1 is 1.13 bits per heavy atom. The summed E-state index contributed by atoms with van der Waals surface area (Å²) in [6, 6.07) is 12.1. The molecule has 0 spiro atoms. The summed E-state index contributed by atoms with van der Waals surface area (Å²) in [5.41, 5.74) is 1.50. The quantitative estimate of drug-likeness (QED) is 0.649. The third-order valence-corrected chi connectivity index (χ3v) is 7.27. The number of hydrogen-bond acceptors (Lipinski definition) is 4. The minimum absolute atomic E-state index is 0.0552. The second-order valence-corrected chi connectivity index (χ2v) is 9.79. The van der Waals surface area contributed by atoms with Crippen molar-refractivity contribution in [2.24, 2.45) is 5.92 Å². The summed E-state index contributed by atoms with van der Waals surface area (Å²) in [4.78, 5) is 14.9. The highest BCUT2D eigenvalue weighted by Gasteiger charge is 2.26. The zero-order valence-electron chi connectivity index (χ0n) is 18.0. The number of piperidine rings is 1. The first-order chi connectivity index (χ1) is 14.8. The van der Waals surface area contributed by atoms with Gasteiger partial charge in [-0.15, -0.1) is 0 Å². The van der Waals surface area contributed by atoms with E-state index in [1.54, 1.807) is 0 Å². The van der Waals surface area contributed by atoms with Gasteiger partial charge in [0.25, 0.3) is 5.91 Å². The standard InChI is InChI=1S/C23H30FN3O3S/c1-3-17(2)16-25-23(28)21-6-4-5-7-22(21)27-14-12-19(13-15-27)26-31(29,30)20-10-8-18(24)9-11-20/h4-11,17,19,26H,3,12-16H2,1-2H3,(H,25,28)/t17-/m1/s1. The molecule has 0 aliphatic carbocycles.